The van der Waals surface area contributed by atoms with E-state index in [-0.39, 0.29) is 0 Å². The van der Waals surface area contributed by atoms with Crippen LogP contribution in [-0.4, -0.2) is 85.9 Å². The van der Waals surface area contributed by atoms with E-state index in [0.717, 1.165) is 0 Å². The third kappa shape index (κ3) is 17.5. The van der Waals surface area contributed by atoms with E-state index in [9.17, 15) is 14.4 Å². The van der Waals surface area contributed by atoms with Crippen LogP contribution in [0.15, 0.2) is 0 Å². The number of quaternary nitrogens is 1. The average Bonchev–Trinajstić information content (AvgIpc) is 2.49. The number of amides is 3. The van der Waals surface area contributed by atoms with Gasteiger partial charge in [-0.15, -0.1) is 0 Å². The van der Waals surface area contributed by atoms with Gasteiger partial charge in [0.1, 0.15) is 16.8 Å². The van der Waals surface area contributed by atoms with Gasteiger partial charge in [0.25, 0.3) is 0 Å². The van der Waals surface area contributed by atoms with Gasteiger partial charge >= 0.3 is 18.3 Å². The minimum atomic E-state index is -0.573. The summed E-state index contributed by atoms with van der Waals surface area (Å²) in [6.07, 6.45) is -1.45. The summed E-state index contributed by atoms with van der Waals surface area (Å²) in [5, 5.41) is 8.26. The van der Waals surface area contributed by atoms with E-state index in [0.29, 0.717) is 43.8 Å². The number of hydrogen-bond acceptors (Lipinski definition) is 6. The second kappa shape index (κ2) is 12.1. The van der Waals surface area contributed by atoms with Crippen molar-refractivity contribution in [3.05, 3.63) is 0 Å². The van der Waals surface area contributed by atoms with Gasteiger partial charge in [0.05, 0.1) is 46.3 Å². The zero-order valence-corrected chi connectivity index (χ0v) is 21.6. The lowest BCUT2D eigenvalue weighted by molar-refractivity contribution is -0.906. The highest BCUT2D eigenvalue weighted by molar-refractivity contribution is 5.68. The van der Waals surface area contributed by atoms with Crippen molar-refractivity contribution in [1.29, 1.82) is 0 Å². The van der Waals surface area contributed by atoms with Gasteiger partial charge in [-0.25, -0.2) is 14.4 Å². The molecule has 0 fully saturated rings. The molecule has 0 aliphatic carbocycles. The number of carbonyl (C=O) groups is 3. The van der Waals surface area contributed by atoms with Gasteiger partial charge in [0, 0.05) is 0 Å². The normalized spacial score (nSPS) is 12.6. The van der Waals surface area contributed by atoms with Crippen LogP contribution in [0.4, 0.5) is 14.4 Å². The largest absolute Gasteiger partial charge is 0.444 e. The van der Waals surface area contributed by atoms with Crippen molar-refractivity contribution in [3.63, 3.8) is 0 Å². The highest BCUT2D eigenvalue weighted by atomic mass is 16.6. The van der Waals surface area contributed by atoms with Crippen LogP contribution in [0.2, 0.25) is 0 Å². The number of rotatable bonds is 9. The number of likely N-dealkylation sites (N-methyl/N-ethyl adjacent to an activating group) is 1. The van der Waals surface area contributed by atoms with Crippen LogP contribution in [0.25, 0.3) is 0 Å². The van der Waals surface area contributed by atoms with Crippen LogP contribution in [0.5, 0.6) is 0 Å². The molecule has 0 aliphatic rings. The molecule has 10 nitrogen and oxygen atoms in total. The van der Waals surface area contributed by atoms with Crippen LogP contribution in [0.1, 0.15) is 62.3 Å². The minimum absolute atomic E-state index is 0.379. The Bertz CT molecular complexity index is 534. The molecule has 0 atom stereocenters. The van der Waals surface area contributed by atoms with Gasteiger partial charge in [0.15, 0.2) is 0 Å². The molecular weight excluding hydrogens is 416 g/mol. The Morgan fingerprint density at radius 1 is 0.562 bits per heavy atom. The molecule has 0 aliphatic heterocycles. The molecule has 32 heavy (non-hydrogen) atoms. The lowest BCUT2D eigenvalue weighted by Gasteiger charge is -2.35. The fraction of sp³-hybridized carbons (Fsp3) is 0.864. The predicted octanol–water partition coefficient (Wildman–Crippen LogP) is 3.01. The Kier molecular flexibility index (Phi) is 11.3. The third-order valence-electron chi connectivity index (χ3n) is 3.96. The Labute approximate surface area is 193 Å². The maximum absolute atomic E-state index is 11.9. The Morgan fingerprint density at radius 3 is 0.969 bits per heavy atom. The predicted molar refractivity (Wildman–Crippen MR) is 123 cm³/mol. The molecule has 3 N–H and O–H groups in total. The van der Waals surface area contributed by atoms with E-state index in [2.05, 4.69) is 16.0 Å². The van der Waals surface area contributed by atoms with Crippen LogP contribution >= 0.6 is 0 Å². The molecule has 0 heterocycles. The Balaban J connectivity index is 4.79. The highest BCUT2D eigenvalue weighted by Gasteiger charge is 2.25. The number of hydrogen-bond donors (Lipinski definition) is 3. The smallest absolute Gasteiger partial charge is 0.407 e. The van der Waals surface area contributed by atoms with E-state index in [1.807, 2.05) is 7.05 Å². The summed E-state index contributed by atoms with van der Waals surface area (Å²) >= 11 is 0. The quantitative estimate of drug-likeness (QED) is 0.359. The van der Waals surface area contributed by atoms with Crippen molar-refractivity contribution < 1.29 is 33.1 Å². The lowest BCUT2D eigenvalue weighted by atomic mass is 10.2. The lowest BCUT2D eigenvalue weighted by Crippen LogP contribution is -2.55. The van der Waals surface area contributed by atoms with E-state index in [1.54, 1.807) is 62.3 Å². The van der Waals surface area contributed by atoms with E-state index in [4.69, 9.17) is 14.2 Å². The number of nitrogens with one attached hydrogen (secondary N) is 3. The summed E-state index contributed by atoms with van der Waals surface area (Å²) in [5.74, 6) is 0. The zero-order valence-electron chi connectivity index (χ0n) is 21.6. The van der Waals surface area contributed by atoms with Gasteiger partial charge < -0.3 is 34.6 Å². The second-order valence-electron chi connectivity index (χ2n) is 11.1. The molecule has 0 rings (SSSR count). The molecule has 0 aromatic carbocycles. The van der Waals surface area contributed by atoms with Crippen LogP contribution in [0.3, 0.4) is 0 Å². The number of nitrogens with zero attached hydrogens (tertiary/aromatic N) is 1. The average molecular weight is 462 g/mol. The summed E-state index contributed by atoms with van der Waals surface area (Å²) in [5.41, 5.74) is -1.72. The number of ether oxygens (including phenoxy) is 3. The van der Waals surface area contributed by atoms with Gasteiger partial charge in [-0.2, -0.15) is 0 Å². The summed E-state index contributed by atoms with van der Waals surface area (Å²) in [6, 6.07) is 0. The first-order valence-corrected chi connectivity index (χ1v) is 11.0. The summed E-state index contributed by atoms with van der Waals surface area (Å²) < 4.78 is 16.3. The first kappa shape index (κ1) is 29.8. The van der Waals surface area contributed by atoms with Crippen molar-refractivity contribution in [1.82, 2.24) is 16.0 Å². The molecule has 0 aromatic rings. The maximum Gasteiger partial charge on any atom is 0.407 e. The molecule has 0 aromatic heterocycles. The van der Waals surface area contributed by atoms with Crippen molar-refractivity contribution in [3.8, 4) is 0 Å². The van der Waals surface area contributed by atoms with Gasteiger partial charge in [-0.05, 0) is 62.3 Å². The molecule has 0 spiro atoms. The molecule has 0 unspecified atom stereocenters. The fourth-order valence-corrected chi connectivity index (χ4v) is 2.56. The first-order chi connectivity index (χ1) is 14.3. The monoisotopic (exact) mass is 461 g/mol. The van der Waals surface area contributed by atoms with E-state index in [1.165, 1.54) is 0 Å². The molecule has 0 bridgehead atoms. The van der Waals surface area contributed by atoms with Crippen molar-refractivity contribution in [2.24, 2.45) is 0 Å². The Hall–Kier alpha value is -2.23. The summed E-state index contributed by atoms with van der Waals surface area (Å²) in [4.78, 5) is 35.8. The molecule has 10 heteroatoms. The molecule has 0 radical (unpaired) electrons. The van der Waals surface area contributed by atoms with Crippen molar-refractivity contribution in [2.45, 2.75) is 79.1 Å². The summed E-state index contributed by atoms with van der Waals surface area (Å²) in [7, 11) is 1.99. The van der Waals surface area contributed by atoms with Gasteiger partial charge in [-0.3, -0.25) is 0 Å². The van der Waals surface area contributed by atoms with Gasteiger partial charge in [-0.1, -0.05) is 0 Å². The molecule has 3 amide bonds. The molecule has 188 valence electrons. The minimum Gasteiger partial charge on any atom is -0.444 e. The van der Waals surface area contributed by atoms with Gasteiger partial charge in [0.2, 0.25) is 0 Å². The first-order valence-electron chi connectivity index (χ1n) is 11.0. The summed E-state index contributed by atoms with van der Waals surface area (Å²) in [6.45, 7) is 19.1. The second-order valence-corrected chi connectivity index (χ2v) is 11.1. The zero-order chi connectivity index (χ0) is 25.2. The van der Waals surface area contributed by atoms with Crippen molar-refractivity contribution >= 4 is 18.3 Å². The molecular formula is C22H45N4O6+. The molecule has 0 saturated carbocycles. The number of carbonyl (C=O) groups excluding carboxylic acids is 3. The van der Waals surface area contributed by atoms with Crippen LogP contribution in [-0.2, 0) is 14.2 Å². The van der Waals surface area contributed by atoms with Crippen molar-refractivity contribution in [2.75, 3.05) is 46.3 Å². The molecule has 0 saturated heterocycles. The van der Waals surface area contributed by atoms with E-state index >= 15 is 0 Å². The highest BCUT2D eigenvalue weighted by Crippen LogP contribution is 2.09. The topological polar surface area (TPSA) is 115 Å². The van der Waals surface area contributed by atoms with E-state index < -0.39 is 35.1 Å². The standard InChI is InChI=1S/C22H44N4O6/c1-20(2,3)30-17(27)23-11-14-26(10,15-12-24-18(28)31-21(4,5)6)16-13-25-19(29)32-22(7,8)9/h11-16H2,1-10H3,(H2-,23,24,25,27,28,29)/p+1. The third-order valence-corrected chi connectivity index (χ3v) is 3.96. The Morgan fingerprint density at radius 2 is 0.781 bits per heavy atom. The maximum atomic E-state index is 11.9. The SMILES string of the molecule is CC(C)(C)OC(=O)NCC[N+](C)(CCNC(=O)OC(C)(C)C)CCNC(=O)OC(C)(C)C. The fourth-order valence-electron chi connectivity index (χ4n) is 2.56. The number of alkyl carbamates (subject to hydrolysis) is 3. The van der Waals surface area contributed by atoms with Crippen LogP contribution in [0, 0.1) is 0 Å². The van der Waals surface area contributed by atoms with Crippen LogP contribution < -0.4 is 16.0 Å².